The van der Waals surface area contributed by atoms with E-state index in [1.54, 1.807) is 12.3 Å². The fraction of sp³-hybridized carbons (Fsp3) is 0.500. The maximum atomic E-state index is 12.0. The molecule has 1 amide bonds. The Hall–Kier alpha value is -1.49. The fourth-order valence-electron chi connectivity index (χ4n) is 1.63. The van der Waals surface area contributed by atoms with Crippen LogP contribution in [0.25, 0.3) is 0 Å². The van der Waals surface area contributed by atoms with Gasteiger partial charge < -0.3 is 10.2 Å². The Kier molecular flexibility index (Phi) is 3.24. The lowest BCUT2D eigenvalue weighted by Gasteiger charge is -2.18. The third-order valence-corrected chi connectivity index (χ3v) is 2.43. The highest BCUT2D eigenvalue weighted by Gasteiger charge is 2.17. The summed E-state index contributed by atoms with van der Waals surface area (Å²) < 4.78 is 0. The van der Waals surface area contributed by atoms with E-state index in [1.165, 1.54) is 6.33 Å². The molecular formula is C10H14N4O. The molecule has 0 bridgehead atoms. The number of amides is 1. The van der Waals surface area contributed by atoms with E-state index in [9.17, 15) is 4.79 Å². The molecule has 1 aromatic heterocycles. The quantitative estimate of drug-likeness (QED) is 0.697. The van der Waals surface area contributed by atoms with Gasteiger partial charge in [0.25, 0.3) is 5.91 Å². The number of hydrogen-bond donors (Lipinski definition) is 1. The average molecular weight is 206 g/mol. The number of nitrogens with zero attached hydrogens (tertiary/aromatic N) is 3. The standard InChI is InChI=1S/C10H14N4O/c15-10(9-2-4-12-8-13-9)14-6-1-3-11-5-7-14/h2,4,8,11H,1,3,5-7H2. The molecule has 5 heteroatoms. The van der Waals surface area contributed by atoms with Crippen LogP contribution in [-0.4, -0.2) is 47.0 Å². The van der Waals surface area contributed by atoms with Gasteiger partial charge in [0.05, 0.1) is 0 Å². The Bertz CT molecular complexity index is 319. The second kappa shape index (κ2) is 4.84. The van der Waals surface area contributed by atoms with Gasteiger partial charge in [0, 0.05) is 25.8 Å². The molecule has 0 spiro atoms. The van der Waals surface area contributed by atoms with E-state index in [-0.39, 0.29) is 5.91 Å². The predicted molar refractivity (Wildman–Crippen MR) is 55.4 cm³/mol. The molecule has 0 radical (unpaired) electrons. The highest BCUT2D eigenvalue weighted by molar-refractivity contribution is 5.92. The van der Waals surface area contributed by atoms with Gasteiger partial charge in [0.1, 0.15) is 12.0 Å². The first-order chi connectivity index (χ1) is 7.38. The van der Waals surface area contributed by atoms with Gasteiger partial charge in [-0.05, 0) is 19.0 Å². The van der Waals surface area contributed by atoms with Crippen LogP contribution in [-0.2, 0) is 0 Å². The summed E-state index contributed by atoms with van der Waals surface area (Å²) in [6.45, 7) is 3.39. The van der Waals surface area contributed by atoms with Crippen molar-refractivity contribution >= 4 is 5.91 Å². The van der Waals surface area contributed by atoms with Crippen LogP contribution in [0, 0.1) is 0 Å². The van der Waals surface area contributed by atoms with E-state index in [0.29, 0.717) is 5.69 Å². The smallest absolute Gasteiger partial charge is 0.272 e. The normalized spacial score (nSPS) is 17.2. The second-order valence-corrected chi connectivity index (χ2v) is 3.49. The summed E-state index contributed by atoms with van der Waals surface area (Å²) in [5.74, 6) is 0.00102. The van der Waals surface area contributed by atoms with Crippen LogP contribution in [0.3, 0.4) is 0 Å². The minimum atomic E-state index is 0.00102. The first-order valence-electron chi connectivity index (χ1n) is 5.14. The maximum absolute atomic E-state index is 12.0. The predicted octanol–water partition coefficient (Wildman–Crippen LogP) is -0.0879. The van der Waals surface area contributed by atoms with Crippen molar-refractivity contribution in [2.24, 2.45) is 0 Å². The van der Waals surface area contributed by atoms with Gasteiger partial charge in [-0.1, -0.05) is 0 Å². The van der Waals surface area contributed by atoms with Crippen LogP contribution >= 0.6 is 0 Å². The minimum absolute atomic E-state index is 0.00102. The minimum Gasteiger partial charge on any atom is -0.336 e. The van der Waals surface area contributed by atoms with E-state index in [4.69, 9.17) is 0 Å². The van der Waals surface area contributed by atoms with E-state index >= 15 is 0 Å². The molecule has 1 saturated heterocycles. The molecule has 2 rings (SSSR count). The van der Waals surface area contributed by atoms with Gasteiger partial charge in [-0.25, -0.2) is 9.97 Å². The Labute approximate surface area is 88.5 Å². The SMILES string of the molecule is O=C(c1ccncn1)N1CCCNCC1. The lowest BCUT2D eigenvalue weighted by atomic mass is 10.3. The van der Waals surface area contributed by atoms with Crippen molar-refractivity contribution in [3.63, 3.8) is 0 Å². The van der Waals surface area contributed by atoms with Crippen molar-refractivity contribution in [2.45, 2.75) is 6.42 Å². The summed E-state index contributed by atoms with van der Waals surface area (Å²) in [5.41, 5.74) is 0.479. The molecule has 15 heavy (non-hydrogen) atoms. The molecule has 80 valence electrons. The molecule has 1 aliphatic heterocycles. The number of aromatic nitrogens is 2. The summed E-state index contributed by atoms with van der Waals surface area (Å²) in [5, 5.41) is 3.26. The van der Waals surface area contributed by atoms with Gasteiger partial charge >= 0.3 is 0 Å². The molecule has 0 atom stereocenters. The number of carbonyl (C=O) groups is 1. The van der Waals surface area contributed by atoms with E-state index in [0.717, 1.165) is 32.6 Å². The summed E-state index contributed by atoms with van der Waals surface area (Å²) >= 11 is 0. The third kappa shape index (κ3) is 2.50. The van der Waals surface area contributed by atoms with Crippen LogP contribution in [0.2, 0.25) is 0 Å². The molecule has 5 nitrogen and oxygen atoms in total. The van der Waals surface area contributed by atoms with E-state index in [1.807, 2.05) is 4.90 Å². The first-order valence-corrected chi connectivity index (χ1v) is 5.14. The number of rotatable bonds is 1. The largest absolute Gasteiger partial charge is 0.336 e. The molecule has 1 aromatic rings. The van der Waals surface area contributed by atoms with Crippen LogP contribution in [0.1, 0.15) is 16.9 Å². The first kappa shape index (κ1) is 10.0. The maximum Gasteiger partial charge on any atom is 0.272 e. The highest BCUT2D eigenvalue weighted by Crippen LogP contribution is 2.02. The highest BCUT2D eigenvalue weighted by atomic mass is 16.2. The number of hydrogen-bond acceptors (Lipinski definition) is 4. The summed E-state index contributed by atoms with van der Waals surface area (Å²) in [7, 11) is 0. The lowest BCUT2D eigenvalue weighted by molar-refractivity contribution is 0.0760. The molecular weight excluding hydrogens is 192 g/mol. The zero-order valence-corrected chi connectivity index (χ0v) is 8.52. The van der Waals surface area contributed by atoms with Crippen LogP contribution in [0.5, 0.6) is 0 Å². The van der Waals surface area contributed by atoms with Gasteiger partial charge in [-0.2, -0.15) is 0 Å². The zero-order valence-electron chi connectivity index (χ0n) is 8.52. The van der Waals surface area contributed by atoms with Crippen molar-refractivity contribution in [1.82, 2.24) is 20.2 Å². The van der Waals surface area contributed by atoms with Crippen LogP contribution in [0.15, 0.2) is 18.6 Å². The van der Waals surface area contributed by atoms with Crippen molar-refractivity contribution < 1.29 is 4.79 Å². The van der Waals surface area contributed by atoms with E-state index < -0.39 is 0 Å². The summed E-state index contributed by atoms with van der Waals surface area (Å²) in [6.07, 6.45) is 4.00. The van der Waals surface area contributed by atoms with Crippen LogP contribution in [0.4, 0.5) is 0 Å². The molecule has 1 N–H and O–H groups in total. The molecule has 0 saturated carbocycles. The Balaban J connectivity index is 2.06. The molecule has 0 aromatic carbocycles. The molecule has 2 heterocycles. The molecule has 1 fully saturated rings. The van der Waals surface area contributed by atoms with Crippen LogP contribution < -0.4 is 5.32 Å². The van der Waals surface area contributed by atoms with Gasteiger partial charge in [-0.3, -0.25) is 4.79 Å². The lowest BCUT2D eigenvalue weighted by Crippen LogP contribution is -2.34. The molecule has 0 aliphatic carbocycles. The third-order valence-electron chi connectivity index (χ3n) is 2.43. The molecule has 0 unspecified atom stereocenters. The Morgan fingerprint density at radius 3 is 3.13 bits per heavy atom. The number of nitrogens with one attached hydrogen (secondary N) is 1. The fourth-order valence-corrected chi connectivity index (χ4v) is 1.63. The van der Waals surface area contributed by atoms with Crippen molar-refractivity contribution in [3.05, 3.63) is 24.3 Å². The zero-order chi connectivity index (χ0) is 10.5. The number of carbonyl (C=O) groups excluding carboxylic acids is 1. The van der Waals surface area contributed by atoms with Gasteiger partial charge in [-0.15, -0.1) is 0 Å². The average Bonchev–Trinajstić information content (AvgIpc) is 2.58. The van der Waals surface area contributed by atoms with Gasteiger partial charge in [0.2, 0.25) is 0 Å². The van der Waals surface area contributed by atoms with Crippen molar-refractivity contribution in [3.8, 4) is 0 Å². The Morgan fingerprint density at radius 2 is 2.33 bits per heavy atom. The molecule has 1 aliphatic rings. The Morgan fingerprint density at radius 1 is 1.40 bits per heavy atom. The summed E-state index contributed by atoms with van der Waals surface area (Å²) in [4.78, 5) is 21.6. The second-order valence-electron chi connectivity index (χ2n) is 3.49. The van der Waals surface area contributed by atoms with Crippen molar-refractivity contribution in [1.29, 1.82) is 0 Å². The summed E-state index contributed by atoms with van der Waals surface area (Å²) in [6, 6.07) is 1.65. The van der Waals surface area contributed by atoms with Gasteiger partial charge in [0.15, 0.2) is 0 Å². The monoisotopic (exact) mass is 206 g/mol. The van der Waals surface area contributed by atoms with Crippen molar-refractivity contribution in [2.75, 3.05) is 26.2 Å². The van der Waals surface area contributed by atoms with E-state index in [2.05, 4.69) is 15.3 Å². The topological polar surface area (TPSA) is 58.1 Å².